The van der Waals surface area contributed by atoms with Gasteiger partial charge in [0.15, 0.2) is 0 Å². The molecule has 2 aromatic rings. The van der Waals surface area contributed by atoms with Crippen LogP contribution in [0.2, 0.25) is 5.02 Å². The molecule has 34 heavy (non-hydrogen) atoms. The summed E-state index contributed by atoms with van der Waals surface area (Å²) in [6, 6.07) is 17.6. The molecule has 0 fully saturated rings. The van der Waals surface area contributed by atoms with Gasteiger partial charge in [0.05, 0.1) is 18.8 Å². The molecule has 0 aromatic heterocycles. The molecule has 1 unspecified atom stereocenters. The van der Waals surface area contributed by atoms with E-state index >= 15 is 0 Å². The summed E-state index contributed by atoms with van der Waals surface area (Å²) in [6.45, 7) is 5.92. The van der Waals surface area contributed by atoms with E-state index in [1.54, 1.807) is 5.01 Å². The minimum atomic E-state index is -3.77. The fourth-order valence-electron chi connectivity index (χ4n) is 3.73. The summed E-state index contributed by atoms with van der Waals surface area (Å²) < 4.78 is 30.1. The molecule has 1 aliphatic rings. The first-order valence-corrected chi connectivity index (χ1v) is 13.2. The molecule has 1 atom stereocenters. The second-order valence-corrected chi connectivity index (χ2v) is 10.3. The zero-order chi connectivity index (χ0) is 24.7. The van der Waals surface area contributed by atoms with E-state index in [0.29, 0.717) is 37.7 Å². The van der Waals surface area contributed by atoms with Crippen molar-refractivity contribution in [3.8, 4) is 0 Å². The van der Waals surface area contributed by atoms with Crippen molar-refractivity contribution in [1.82, 2.24) is 18.9 Å². The molecule has 8 nitrogen and oxygen atoms in total. The van der Waals surface area contributed by atoms with Crippen LogP contribution in [0.4, 0.5) is 0 Å². The minimum absolute atomic E-state index is 0.0561. The smallest absolute Gasteiger partial charge is 0.303 e. The monoisotopic (exact) mass is 504 g/mol. The maximum Gasteiger partial charge on any atom is 0.303 e. The number of nitrogens with one attached hydrogen (secondary N) is 1. The Morgan fingerprint density at radius 1 is 1.12 bits per heavy atom. The van der Waals surface area contributed by atoms with Crippen LogP contribution in [0.5, 0.6) is 0 Å². The Hall–Kier alpha value is -2.46. The van der Waals surface area contributed by atoms with Gasteiger partial charge in [-0.25, -0.2) is 14.7 Å². The second-order valence-electron chi connectivity index (χ2n) is 8.24. The third-order valence-corrected chi connectivity index (χ3v) is 7.46. The lowest BCUT2D eigenvalue weighted by Crippen LogP contribution is -2.48. The SMILES string of the molecule is CCN(CC)S(=O)(=O)NC(=NCCN(C)C)N1CC(c2ccccc2)C(c2ccc(Cl)cc2)=N1. The van der Waals surface area contributed by atoms with Gasteiger partial charge in [-0.05, 0) is 37.4 Å². The number of halogens is 1. The predicted molar refractivity (Wildman–Crippen MR) is 140 cm³/mol. The largest absolute Gasteiger partial charge is 0.308 e. The van der Waals surface area contributed by atoms with E-state index < -0.39 is 10.2 Å². The molecule has 0 spiro atoms. The van der Waals surface area contributed by atoms with E-state index in [1.165, 1.54) is 4.31 Å². The van der Waals surface area contributed by atoms with Crippen molar-refractivity contribution in [2.75, 3.05) is 46.8 Å². The van der Waals surface area contributed by atoms with Gasteiger partial charge in [-0.3, -0.25) is 0 Å². The molecule has 0 saturated carbocycles. The highest BCUT2D eigenvalue weighted by atomic mass is 35.5. The van der Waals surface area contributed by atoms with E-state index in [0.717, 1.165) is 16.8 Å². The van der Waals surface area contributed by atoms with Crippen LogP contribution in [0, 0.1) is 0 Å². The lowest BCUT2D eigenvalue weighted by molar-refractivity contribution is 0.412. The van der Waals surface area contributed by atoms with E-state index in [-0.39, 0.29) is 11.9 Å². The van der Waals surface area contributed by atoms with Crippen molar-refractivity contribution in [2.45, 2.75) is 19.8 Å². The molecule has 2 aromatic carbocycles. The van der Waals surface area contributed by atoms with Crippen molar-refractivity contribution >= 4 is 33.5 Å². The Morgan fingerprint density at radius 2 is 1.76 bits per heavy atom. The van der Waals surface area contributed by atoms with Crippen LogP contribution in [0.1, 0.15) is 30.9 Å². The van der Waals surface area contributed by atoms with Crippen LogP contribution in [0.3, 0.4) is 0 Å². The normalized spacial score (nSPS) is 16.9. The van der Waals surface area contributed by atoms with Crippen molar-refractivity contribution in [3.63, 3.8) is 0 Å². The van der Waals surface area contributed by atoms with Gasteiger partial charge in [-0.2, -0.15) is 17.8 Å². The highest BCUT2D eigenvalue weighted by Crippen LogP contribution is 2.29. The van der Waals surface area contributed by atoms with Gasteiger partial charge in [0, 0.05) is 30.6 Å². The van der Waals surface area contributed by atoms with Gasteiger partial charge in [0.25, 0.3) is 0 Å². The number of rotatable bonds is 9. The number of benzene rings is 2. The zero-order valence-electron chi connectivity index (χ0n) is 20.1. The van der Waals surface area contributed by atoms with Gasteiger partial charge >= 0.3 is 10.2 Å². The molecule has 0 aliphatic carbocycles. The molecule has 3 rings (SSSR count). The number of hydrazone groups is 1. The molecule has 0 saturated heterocycles. The Bertz CT molecular complexity index is 1100. The van der Waals surface area contributed by atoms with E-state index in [2.05, 4.69) is 21.8 Å². The molecule has 184 valence electrons. The van der Waals surface area contributed by atoms with E-state index in [9.17, 15) is 8.42 Å². The van der Waals surface area contributed by atoms with Gasteiger partial charge in [-0.15, -0.1) is 0 Å². The fraction of sp³-hybridized carbons (Fsp3) is 0.417. The third kappa shape index (κ3) is 6.56. The number of hydrogen-bond donors (Lipinski definition) is 1. The van der Waals surface area contributed by atoms with Crippen LogP contribution in [-0.4, -0.2) is 81.1 Å². The van der Waals surface area contributed by atoms with Crippen LogP contribution < -0.4 is 4.72 Å². The number of hydrogen-bond acceptors (Lipinski definition) is 5. The number of likely N-dealkylation sites (N-methyl/N-ethyl adjacent to an activating group) is 1. The average Bonchev–Trinajstić information content (AvgIpc) is 3.25. The Morgan fingerprint density at radius 3 is 2.35 bits per heavy atom. The lowest BCUT2D eigenvalue weighted by atomic mass is 9.91. The standard InChI is InChI=1S/C24H33ClN6O2S/c1-5-30(6-2)34(32,33)28-24(26-16-17-29(3)4)31-18-22(19-10-8-7-9-11-19)23(27-31)20-12-14-21(25)15-13-20/h7-15,22H,5-6,16-18H2,1-4H3,(H,26,28). The number of guanidine groups is 1. The zero-order valence-corrected chi connectivity index (χ0v) is 21.7. The highest BCUT2D eigenvalue weighted by Gasteiger charge is 2.33. The predicted octanol–water partition coefficient (Wildman–Crippen LogP) is 3.24. The Kier molecular flexibility index (Phi) is 9.07. The number of nitrogens with zero attached hydrogens (tertiary/aromatic N) is 5. The molecule has 1 N–H and O–H groups in total. The maximum atomic E-state index is 13.0. The third-order valence-electron chi connectivity index (χ3n) is 5.57. The van der Waals surface area contributed by atoms with Crippen molar-refractivity contribution in [2.24, 2.45) is 10.1 Å². The molecular formula is C24H33ClN6O2S. The summed E-state index contributed by atoms with van der Waals surface area (Å²) in [6.07, 6.45) is 0. The van der Waals surface area contributed by atoms with E-state index in [1.807, 2.05) is 75.3 Å². The summed E-state index contributed by atoms with van der Waals surface area (Å²) in [5.74, 6) is 0.165. The summed E-state index contributed by atoms with van der Waals surface area (Å²) in [5.41, 5.74) is 2.86. The maximum absolute atomic E-state index is 13.0. The van der Waals surface area contributed by atoms with Crippen molar-refractivity contribution < 1.29 is 8.42 Å². The van der Waals surface area contributed by atoms with Crippen molar-refractivity contribution in [1.29, 1.82) is 0 Å². The molecular weight excluding hydrogens is 472 g/mol. The van der Waals surface area contributed by atoms with Crippen LogP contribution in [0.25, 0.3) is 0 Å². The Labute approximate surface area is 208 Å². The number of aliphatic imine (C=N–C) groups is 1. The fourth-order valence-corrected chi connectivity index (χ4v) is 5.06. The van der Waals surface area contributed by atoms with Gasteiger partial charge in [0.1, 0.15) is 0 Å². The molecule has 10 heteroatoms. The van der Waals surface area contributed by atoms with Crippen LogP contribution in [-0.2, 0) is 10.2 Å². The van der Waals surface area contributed by atoms with Crippen molar-refractivity contribution in [3.05, 3.63) is 70.7 Å². The van der Waals surface area contributed by atoms with Crippen LogP contribution in [0.15, 0.2) is 64.7 Å². The summed E-state index contributed by atoms with van der Waals surface area (Å²) in [5, 5.41) is 7.17. The second kappa shape index (κ2) is 11.8. The first kappa shape index (κ1) is 26.2. The first-order valence-electron chi connectivity index (χ1n) is 11.4. The summed E-state index contributed by atoms with van der Waals surface area (Å²) in [7, 11) is 0.134. The highest BCUT2D eigenvalue weighted by molar-refractivity contribution is 7.87. The van der Waals surface area contributed by atoms with Gasteiger partial charge in [-0.1, -0.05) is 67.9 Å². The summed E-state index contributed by atoms with van der Waals surface area (Å²) >= 11 is 6.11. The molecule has 1 heterocycles. The van der Waals surface area contributed by atoms with E-state index in [4.69, 9.17) is 16.7 Å². The van der Waals surface area contributed by atoms with Gasteiger partial charge < -0.3 is 4.90 Å². The first-order chi connectivity index (χ1) is 16.2. The van der Waals surface area contributed by atoms with Gasteiger partial charge in [0.2, 0.25) is 5.96 Å². The molecule has 0 amide bonds. The van der Waals surface area contributed by atoms with Crippen LogP contribution >= 0.6 is 11.6 Å². The minimum Gasteiger partial charge on any atom is -0.308 e. The topological polar surface area (TPSA) is 80.6 Å². The Balaban J connectivity index is 2.00. The molecule has 0 radical (unpaired) electrons. The summed E-state index contributed by atoms with van der Waals surface area (Å²) in [4.78, 5) is 6.61. The quantitative estimate of drug-likeness (QED) is 0.420. The molecule has 1 aliphatic heterocycles. The lowest BCUT2D eigenvalue weighted by Gasteiger charge is -2.24. The average molecular weight is 505 g/mol. The molecule has 0 bridgehead atoms.